The number of nitrogens with one attached hydrogen (secondary N) is 1. The number of rotatable bonds is 9. The molecular weight excluding hydrogens is 444 g/mol. The van der Waals surface area contributed by atoms with Crippen LogP contribution in [0.3, 0.4) is 0 Å². The molecule has 0 aromatic heterocycles. The van der Waals surface area contributed by atoms with Crippen LogP contribution in [0.1, 0.15) is 105 Å². The average Bonchev–Trinajstić information content (AvgIpc) is 3.16. The molecule has 4 heteroatoms. The highest BCUT2D eigenvalue weighted by Gasteiger charge is 2.59. The minimum Gasteiger partial charge on any atom is -0.446 e. The van der Waals surface area contributed by atoms with Crippen molar-refractivity contribution in [3.8, 4) is 0 Å². The molecule has 0 aromatic carbocycles. The van der Waals surface area contributed by atoms with Crippen molar-refractivity contribution in [2.24, 2.45) is 46.3 Å². The molecule has 0 aliphatic heterocycles. The maximum absolute atomic E-state index is 12.3. The molecule has 0 saturated heterocycles. The Bertz CT molecular complexity index is 791. The first-order valence-corrected chi connectivity index (χ1v) is 15.3. The summed E-state index contributed by atoms with van der Waals surface area (Å²) in [6.45, 7) is 14.0. The molecule has 3 saturated carbocycles. The zero-order valence-electron chi connectivity index (χ0n) is 24.6. The maximum Gasteiger partial charge on any atom is 0.407 e. The standard InChI is InChI=1S/C32H56N2O2/c1-22(2)9-8-10-23(3)27-13-14-28-26-12-11-24-21-25(36-30(35)33-19-20-34(6)7)15-17-31(24,4)29(26)16-18-32(27,28)5/h11,22-23,25-29H,8-10,12-21H2,1-7H3,(H,33,35)/t23-,25+,26-,27-,28+,29+,31+,32-/m1/s1. The minimum atomic E-state index is -0.243. The van der Waals surface area contributed by atoms with Gasteiger partial charge in [-0.2, -0.15) is 0 Å². The Balaban J connectivity index is 1.37. The van der Waals surface area contributed by atoms with Gasteiger partial charge in [0.15, 0.2) is 0 Å². The lowest BCUT2D eigenvalue weighted by Gasteiger charge is -2.58. The van der Waals surface area contributed by atoms with Crippen LogP contribution in [0.2, 0.25) is 0 Å². The van der Waals surface area contributed by atoms with Crippen LogP contribution < -0.4 is 5.32 Å². The van der Waals surface area contributed by atoms with E-state index in [1.807, 2.05) is 14.1 Å². The molecule has 4 nitrogen and oxygen atoms in total. The van der Waals surface area contributed by atoms with Gasteiger partial charge >= 0.3 is 6.09 Å². The Hall–Kier alpha value is -1.03. The fraction of sp³-hybridized carbons (Fsp3) is 0.906. The van der Waals surface area contributed by atoms with E-state index >= 15 is 0 Å². The number of carbonyl (C=O) groups excluding carboxylic acids is 1. The molecule has 8 atom stereocenters. The zero-order valence-corrected chi connectivity index (χ0v) is 24.6. The maximum atomic E-state index is 12.3. The van der Waals surface area contributed by atoms with Crippen molar-refractivity contribution in [1.82, 2.24) is 10.2 Å². The number of fused-ring (bicyclic) bond motifs is 5. The molecule has 0 radical (unpaired) electrons. The third-order valence-electron chi connectivity index (χ3n) is 11.4. The molecule has 3 fully saturated rings. The van der Waals surface area contributed by atoms with E-state index in [9.17, 15) is 4.79 Å². The number of hydrogen-bond acceptors (Lipinski definition) is 3. The number of likely N-dealkylation sites (N-methyl/N-ethyl adjacent to an activating group) is 1. The largest absolute Gasteiger partial charge is 0.446 e. The number of nitrogens with zero attached hydrogens (tertiary/aromatic N) is 1. The second kappa shape index (κ2) is 11.4. The van der Waals surface area contributed by atoms with Crippen molar-refractivity contribution in [2.75, 3.05) is 27.2 Å². The molecule has 4 rings (SSSR count). The molecule has 0 bridgehead atoms. The van der Waals surface area contributed by atoms with E-state index in [2.05, 4.69) is 50.9 Å². The van der Waals surface area contributed by atoms with Crippen LogP contribution in [-0.4, -0.2) is 44.3 Å². The molecule has 4 aliphatic carbocycles. The van der Waals surface area contributed by atoms with Crippen LogP contribution in [0.25, 0.3) is 0 Å². The van der Waals surface area contributed by atoms with Gasteiger partial charge in [0, 0.05) is 19.5 Å². The van der Waals surface area contributed by atoms with Gasteiger partial charge in [0.1, 0.15) is 6.10 Å². The quantitative estimate of drug-likeness (QED) is 0.330. The Morgan fingerprint density at radius 1 is 1.08 bits per heavy atom. The predicted molar refractivity (Wildman–Crippen MR) is 150 cm³/mol. The molecule has 0 unspecified atom stereocenters. The highest BCUT2D eigenvalue weighted by Crippen LogP contribution is 2.67. The highest BCUT2D eigenvalue weighted by molar-refractivity contribution is 5.67. The fourth-order valence-electron chi connectivity index (χ4n) is 9.33. The minimum absolute atomic E-state index is 0.0386. The lowest BCUT2D eigenvalue weighted by atomic mass is 9.47. The second-order valence-electron chi connectivity index (χ2n) is 14.3. The summed E-state index contributed by atoms with van der Waals surface area (Å²) in [6, 6.07) is 0. The van der Waals surface area contributed by atoms with Crippen molar-refractivity contribution in [3.63, 3.8) is 0 Å². The summed E-state index contributed by atoms with van der Waals surface area (Å²) < 4.78 is 5.87. The number of amides is 1. The number of allylic oxidation sites excluding steroid dienone is 1. The summed E-state index contributed by atoms with van der Waals surface area (Å²) in [5.41, 5.74) is 2.46. The number of hydrogen-bond donors (Lipinski definition) is 1. The average molecular weight is 501 g/mol. The molecule has 0 spiro atoms. The number of alkyl carbamates (subject to hydrolysis) is 1. The molecule has 1 amide bonds. The van der Waals surface area contributed by atoms with E-state index in [0.717, 1.165) is 54.9 Å². The first-order chi connectivity index (χ1) is 17.0. The second-order valence-corrected chi connectivity index (χ2v) is 14.3. The van der Waals surface area contributed by atoms with Crippen LogP contribution >= 0.6 is 0 Å². The van der Waals surface area contributed by atoms with E-state index in [4.69, 9.17) is 4.74 Å². The van der Waals surface area contributed by atoms with Crippen LogP contribution in [0.15, 0.2) is 11.6 Å². The smallest absolute Gasteiger partial charge is 0.407 e. The first-order valence-electron chi connectivity index (χ1n) is 15.3. The van der Waals surface area contributed by atoms with Crippen molar-refractivity contribution in [1.29, 1.82) is 0 Å². The topological polar surface area (TPSA) is 41.6 Å². The summed E-state index contributed by atoms with van der Waals surface area (Å²) in [5, 5.41) is 2.93. The van der Waals surface area contributed by atoms with Gasteiger partial charge in [-0.25, -0.2) is 4.79 Å². The van der Waals surface area contributed by atoms with Crippen molar-refractivity contribution in [3.05, 3.63) is 11.6 Å². The number of ether oxygens (including phenoxy) is 1. The van der Waals surface area contributed by atoms with Crippen molar-refractivity contribution >= 4 is 6.09 Å². The summed E-state index contributed by atoms with van der Waals surface area (Å²) in [5.74, 6) is 5.21. The molecule has 206 valence electrons. The van der Waals surface area contributed by atoms with Gasteiger partial charge in [-0.15, -0.1) is 0 Å². The Labute approximate surface area is 222 Å². The molecule has 36 heavy (non-hydrogen) atoms. The highest BCUT2D eigenvalue weighted by atomic mass is 16.6. The zero-order chi connectivity index (χ0) is 26.1. The van der Waals surface area contributed by atoms with Gasteiger partial charge in [0.25, 0.3) is 0 Å². The first kappa shape index (κ1) is 28.0. The van der Waals surface area contributed by atoms with Crippen LogP contribution in [0, 0.1) is 46.3 Å². The Morgan fingerprint density at radius 3 is 2.58 bits per heavy atom. The molecular formula is C32H56N2O2. The van der Waals surface area contributed by atoms with Gasteiger partial charge in [-0.05, 0) is 105 Å². The molecule has 0 heterocycles. The predicted octanol–water partition coefficient (Wildman–Crippen LogP) is 7.68. The van der Waals surface area contributed by atoms with Crippen molar-refractivity contribution in [2.45, 2.75) is 111 Å². The summed E-state index contributed by atoms with van der Waals surface area (Å²) >= 11 is 0. The number of carbonyl (C=O) groups is 1. The van der Waals surface area contributed by atoms with Crippen LogP contribution in [0.5, 0.6) is 0 Å². The van der Waals surface area contributed by atoms with Crippen LogP contribution in [-0.2, 0) is 4.74 Å². The van der Waals surface area contributed by atoms with Gasteiger partial charge in [-0.3, -0.25) is 0 Å². The SMILES string of the molecule is CC(C)CCC[C@@H](C)[C@H]1CC[C@H]2[C@H]3CC=C4C[C@@H](OC(=O)NCCN(C)C)CC[C@]4(C)[C@H]3CC[C@]12C. The fourth-order valence-corrected chi connectivity index (χ4v) is 9.33. The lowest BCUT2D eigenvalue weighted by Crippen LogP contribution is -2.51. The van der Waals surface area contributed by atoms with E-state index in [-0.39, 0.29) is 12.2 Å². The van der Waals surface area contributed by atoms with Gasteiger partial charge < -0.3 is 15.0 Å². The van der Waals surface area contributed by atoms with Crippen molar-refractivity contribution < 1.29 is 9.53 Å². The Kier molecular flexibility index (Phi) is 8.85. The van der Waals surface area contributed by atoms with E-state index < -0.39 is 0 Å². The van der Waals surface area contributed by atoms with E-state index in [1.165, 1.54) is 57.8 Å². The molecule has 0 aromatic rings. The third-order valence-corrected chi connectivity index (χ3v) is 11.4. The monoisotopic (exact) mass is 500 g/mol. The van der Waals surface area contributed by atoms with E-state index in [1.54, 1.807) is 5.57 Å². The summed E-state index contributed by atoms with van der Waals surface area (Å²) in [7, 11) is 4.04. The van der Waals surface area contributed by atoms with Gasteiger partial charge in [0.05, 0.1) is 0 Å². The lowest BCUT2D eigenvalue weighted by molar-refractivity contribution is -0.0581. The normalized spacial score (nSPS) is 38.7. The Morgan fingerprint density at radius 2 is 1.86 bits per heavy atom. The summed E-state index contributed by atoms with van der Waals surface area (Å²) in [6.07, 6.45) is 16.7. The summed E-state index contributed by atoms with van der Waals surface area (Å²) in [4.78, 5) is 14.4. The molecule has 1 N–H and O–H groups in total. The third kappa shape index (κ3) is 5.69. The van der Waals surface area contributed by atoms with Crippen LogP contribution in [0.4, 0.5) is 4.79 Å². The van der Waals surface area contributed by atoms with Gasteiger partial charge in [-0.1, -0.05) is 65.5 Å². The van der Waals surface area contributed by atoms with E-state index in [0.29, 0.717) is 17.4 Å². The molecule has 4 aliphatic rings. The van der Waals surface area contributed by atoms with Gasteiger partial charge in [0.2, 0.25) is 0 Å².